The molecule has 1 aliphatic rings. The molecule has 0 radical (unpaired) electrons. The van der Waals surface area contributed by atoms with Crippen LogP contribution in [0.15, 0.2) is 36.1 Å². The fraction of sp³-hybridized carbons (Fsp3) is 0.531. The maximum Gasteiger partial charge on any atom is 0.407 e. The van der Waals surface area contributed by atoms with E-state index in [0.717, 1.165) is 37.7 Å². The molecule has 0 saturated heterocycles. The van der Waals surface area contributed by atoms with Crippen molar-refractivity contribution < 1.29 is 32.6 Å². The molecule has 1 fully saturated rings. The number of nitrogens with zero attached hydrogens (tertiary/aromatic N) is 1. The number of carbonyl (C=O) groups excluding carboxylic acids is 2. The summed E-state index contributed by atoms with van der Waals surface area (Å²) in [6, 6.07) is 3.25. The number of allylic oxidation sites excluding steroid dienone is 2. The van der Waals surface area contributed by atoms with Crippen LogP contribution in [0.1, 0.15) is 82.9 Å². The van der Waals surface area contributed by atoms with Crippen molar-refractivity contribution >= 4 is 18.1 Å². The normalized spacial score (nSPS) is 14.6. The van der Waals surface area contributed by atoms with Gasteiger partial charge in [0.25, 0.3) is 12.3 Å². The molecule has 1 heterocycles. The van der Waals surface area contributed by atoms with Gasteiger partial charge in [-0.15, -0.1) is 0 Å². The summed E-state index contributed by atoms with van der Waals surface area (Å²) in [5.74, 6) is 0.343. The van der Waals surface area contributed by atoms with Gasteiger partial charge < -0.3 is 29.8 Å². The van der Waals surface area contributed by atoms with Gasteiger partial charge in [0.15, 0.2) is 0 Å². The number of hydrogen-bond acceptors (Lipinski definition) is 6. The summed E-state index contributed by atoms with van der Waals surface area (Å²) >= 11 is 0. The Bertz CT molecular complexity index is 1300. The molecule has 0 spiro atoms. The number of alkyl carbamates (subject to hydrolysis) is 1. The zero-order valence-electron chi connectivity index (χ0n) is 25.9. The van der Waals surface area contributed by atoms with Crippen molar-refractivity contribution in [3.63, 3.8) is 0 Å². The monoisotopic (exact) mass is 602 g/mol. The van der Waals surface area contributed by atoms with E-state index in [1.54, 1.807) is 12.3 Å². The van der Waals surface area contributed by atoms with Gasteiger partial charge in [0, 0.05) is 24.1 Å². The number of imidazole rings is 1. The van der Waals surface area contributed by atoms with Crippen molar-refractivity contribution in [1.29, 1.82) is 0 Å². The quantitative estimate of drug-likeness (QED) is 0.191. The highest BCUT2D eigenvalue weighted by molar-refractivity contribution is 6.01. The number of benzene rings is 1. The van der Waals surface area contributed by atoms with E-state index in [2.05, 4.69) is 27.5 Å². The summed E-state index contributed by atoms with van der Waals surface area (Å²) in [6.07, 6.45) is 8.85. The highest BCUT2D eigenvalue weighted by atomic mass is 19.3. The Balaban J connectivity index is 1.92. The summed E-state index contributed by atoms with van der Waals surface area (Å²) in [5.41, 5.74) is 1.58. The Morgan fingerprint density at radius 1 is 1.21 bits per heavy atom. The van der Waals surface area contributed by atoms with Gasteiger partial charge in [-0.05, 0) is 70.7 Å². The molecule has 2 aromatic rings. The van der Waals surface area contributed by atoms with Crippen LogP contribution in [0.25, 0.3) is 17.3 Å². The molecule has 2 amide bonds. The van der Waals surface area contributed by atoms with E-state index in [9.17, 15) is 18.4 Å². The number of hydrogen-bond donors (Lipinski definition) is 3. The Labute approximate surface area is 252 Å². The lowest BCUT2D eigenvalue weighted by Crippen LogP contribution is -2.35. The number of nitrogens with one attached hydrogen (secondary N) is 3. The number of unbranched alkanes of at least 4 members (excludes halogenated alkanes) is 1. The molecule has 1 aliphatic carbocycles. The molecule has 9 nitrogen and oxygen atoms in total. The minimum Gasteiger partial charge on any atom is -0.496 e. The van der Waals surface area contributed by atoms with E-state index >= 15 is 0 Å². The predicted molar refractivity (Wildman–Crippen MR) is 163 cm³/mol. The van der Waals surface area contributed by atoms with Crippen molar-refractivity contribution in [2.75, 3.05) is 20.3 Å². The summed E-state index contributed by atoms with van der Waals surface area (Å²) in [4.78, 5) is 33.1. The summed E-state index contributed by atoms with van der Waals surface area (Å²) in [7, 11) is 1.41. The minimum atomic E-state index is -2.71. The first-order chi connectivity index (χ1) is 20.4. The lowest BCUT2D eigenvalue weighted by atomic mass is 9.92. The maximum atomic E-state index is 13.1. The maximum absolute atomic E-state index is 13.1. The average molecular weight is 603 g/mol. The van der Waals surface area contributed by atoms with Crippen LogP contribution in [0.3, 0.4) is 0 Å². The second kappa shape index (κ2) is 15.5. The van der Waals surface area contributed by atoms with Gasteiger partial charge in [-0.25, -0.2) is 18.6 Å². The second-order valence-electron chi connectivity index (χ2n) is 11.5. The number of amides is 2. The van der Waals surface area contributed by atoms with E-state index in [4.69, 9.17) is 14.2 Å². The van der Waals surface area contributed by atoms with E-state index in [0.29, 0.717) is 23.6 Å². The standard InChI is InChI=1S/C32H44F2N4O5/c1-7-9-11-21(17-36-31(40)43-32(3,4)5)20(10-8-2)16-28-35-18-24(38-28)22-14-25(41-6)29(30(39)37-23-12-13-23)26(15-22)42-19-27(33)34/h8,10,14-16,18,21,23,27H,7,9,11-13,17,19H2,1-6H3,(H,35,38)(H,36,40)(H,37,39)/b10-8-,20-16+. The van der Waals surface area contributed by atoms with Gasteiger partial charge in [0.05, 0.1) is 19.0 Å². The fourth-order valence-electron chi connectivity index (χ4n) is 4.45. The van der Waals surface area contributed by atoms with E-state index < -0.39 is 30.6 Å². The molecule has 1 aromatic heterocycles. The van der Waals surface area contributed by atoms with Gasteiger partial charge in [0.1, 0.15) is 35.1 Å². The largest absolute Gasteiger partial charge is 0.496 e. The average Bonchev–Trinajstić information content (AvgIpc) is 3.63. The van der Waals surface area contributed by atoms with Crippen LogP contribution in [-0.2, 0) is 4.74 Å². The molecule has 43 heavy (non-hydrogen) atoms. The summed E-state index contributed by atoms with van der Waals surface area (Å²) in [6.45, 7) is 9.03. The molecule has 1 aromatic carbocycles. The smallest absolute Gasteiger partial charge is 0.407 e. The number of halogens is 2. The van der Waals surface area contributed by atoms with Crippen LogP contribution in [0.2, 0.25) is 0 Å². The first kappa shape index (κ1) is 33.6. The molecule has 1 atom stereocenters. The molecule has 236 valence electrons. The number of aromatic nitrogens is 2. The van der Waals surface area contributed by atoms with Crippen LogP contribution >= 0.6 is 0 Å². The molecule has 0 bridgehead atoms. The SMILES string of the molecule is C/C=C\C(=C/c1ncc(-c2cc(OC)c(C(=O)NC3CC3)c(OCC(F)F)c2)[nH]1)C(CCCC)CNC(=O)OC(C)(C)C. The highest BCUT2D eigenvalue weighted by Crippen LogP contribution is 2.36. The molecule has 1 unspecified atom stereocenters. The van der Waals surface area contributed by atoms with Gasteiger partial charge in [-0.1, -0.05) is 31.9 Å². The van der Waals surface area contributed by atoms with Gasteiger partial charge in [-0.3, -0.25) is 4.79 Å². The number of alkyl halides is 2. The van der Waals surface area contributed by atoms with Crippen molar-refractivity contribution in [2.24, 2.45) is 5.92 Å². The molecular weight excluding hydrogens is 558 g/mol. The summed E-state index contributed by atoms with van der Waals surface area (Å²) < 4.78 is 42.4. The summed E-state index contributed by atoms with van der Waals surface area (Å²) in [5, 5.41) is 5.76. The number of aromatic amines is 1. The minimum absolute atomic E-state index is 0.00180. The number of ether oxygens (including phenoxy) is 3. The lowest BCUT2D eigenvalue weighted by Gasteiger charge is -2.22. The first-order valence-corrected chi connectivity index (χ1v) is 14.7. The van der Waals surface area contributed by atoms with Crippen LogP contribution in [0.4, 0.5) is 13.6 Å². The van der Waals surface area contributed by atoms with Gasteiger partial charge in [-0.2, -0.15) is 0 Å². The molecule has 3 rings (SSSR count). The number of methoxy groups -OCH3 is 1. The topological polar surface area (TPSA) is 115 Å². The predicted octanol–water partition coefficient (Wildman–Crippen LogP) is 6.91. The van der Waals surface area contributed by atoms with Crippen LogP contribution in [0, 0.1) is 5.92 Å². The third-order valence-corrected chi connectivity index (χ3v) is 6.63. The number of H-pyrrole nitrogens is 1. The van der Waals surface area contributed by atoms with Gasteiger partial charge >= 0.3 is 6.09 Å². The Morgan fingerprint density at radius 3 is 2.53 bits per heavy atom. The highest BCUT2D eigenvalue weighted by Gasteiger charge is 2.28. The fourth-order valence-corrected chi connectivity index (χ4v) is 4.45. The van der Waals surface area contributed by atoms with Crippen LogP contribution in [0.5, 0.6) is 11.5 Å². The van der Waals surface area contributed by atoms with E-state index in [-0.39, 0.29) is 29.0 Å². The first-order valence-electron chi connectivity index (χ1n) is 14.7. The molecular formula is C32H44F2N4O5. The third kappa shape index (κ3) is 10.7. The third-order valence-electron chi connectivity index (χ3n) is 6.63. The van der Waals surface area contributed by atoms with E-state index in [1.807, 2.05) is 45.9 Å². The van der Waals surface area contributed by atoms with Crippen molar-refractivity contribution in [2.45, 2.75) is 84.8 Å². The van der Waals surface area contributed by atoms with Crippen molar-refractivity contribution in [1.82, 2.24) is 20.6 Å². The number of carbonyl (C=O) groups is 2. The Hall–Kier alpha value is -3.89. The van der Waals surface area contributed by atoms with E-state index in [1.165, 1.54) is 13.2 Å². The second-order valence-corrected chi connectivity index (χ2v) is 11.5. The van der Waals surface area contributed by atoms with Crippen molar-refractivity contribution in [3.8, 4) is 22.8 Å². The van der Waals surface area contributed by atoms with Gasteiger partial charge in [0.2, 0.25) is 0 Å². The zero-order chi connectivity index (χ0) is 31.6. The molecule has 1 saturated carbocycles. The van der Waals surface area contributed by atoms with Crippen LogP contribution in [-0.4, -0.2) is 60.3 Å². The lowest BCUT2D eigenvalue weighted by molar-refractivity contribution is 0.0521. The molecule has 3 N–H and O–H groups in total. The number of rotatable bonds is 15. The van der Waals surface area contributed by atoms with Crippen molar-refractivity contribution in [3.05, 3.63) is 47.4 Å². The Morgan fingerprint density at radius 2 is 1.93 bits per heavy atom. The zero-order valence-corrected chi connectivity index (χ0v) is 25.9. The van der Waals surface area contributed by atoms with Crippen LogP contribution < -0.4 is 20.1 Å². The Kier molecular flexibility index (Phi) is 12.1. The molecule has 11 heteroatoms. The molecule has 0 aliphatic heterocycles.